The van der Waals surface area contributed by atoms with E-state index in [-0.39, 0.29) is 0 Å². The number of aryl methyl sites for hydroxylation is 1. The Balaban J connectivity index is 2.37. The summed E-state index contributed by atoms with van der Waals surface area (Å²) in [5.74, 6) is -0.981. The predicted octanol–water partition coefficient (Wildman–Crippen LogP) is 2.49. The van der Waals surface area contributed by atoms with E-state index in [0.717, 1.165) is 11.1 Å². The summed E-state index contributed by atoms with van der Waals surface area (Å²) in [6.07, 6.45) is -3.14. The van der Waals surface area contributed by atoms with Gasteiger partial charge < -0.3 is 0 Å². The third-order valence-corrected chi connectivity index (χ3v) is 2.44. The SMILES string of the molecule is Cc1cc(F)ccc1N1N=C(C(F)F)CC1=O. The van der Waals surface area contributed by atoms with Crippen LogP contribution in [0.4, 0.5) is 18.9 Å². The molecular weight excluding hydrogens is 233 g/mol. The fourth-order valence-corrected chi connectivity index (χ4v) is 1.61. The van der Waals surface area contributed by atoms with Crippen molar-refractivity contribution >= 4 is 17.3 Å². The van der Waals surface area contributed by atoms with Crippen LogP contribution in [0.1, 0.15) is 12.0 Å². The summed E-state index contributed by atoms with van der Waals surface area (Å²) in [7, 11) is 0. The average molecular weight is 242 g/mol. The van der Waals surface area contributed by atoms with Crippen LogP contribution in [0.5, 0.6) is 0 Å². The molecule has 0 saturated heterocycles. The topological polar surface area (TPSA) is 32.7 Å². The molecule has 90 valence electrons. The summed E-state index contributed by atoms with van der Waals surface area (Å²) in [4.78, 5) is 11.5. The standard InChI is InChI=1S/C11H9F3N2O/c1-6-4-7(12)2-3-9(6)16-10(17)5-8(15-16)11(13)14/h2-4,11H,5H2,1H3. The van der Waals surface area contributed by atoms with Crippen molar-refractivity contribution in [3.05, 3.63) is 29.6 Å². The summed E-state index contributed by atoms with van der Waals surface area (Å²) in [6, 6.07) is 3.73. The van der Waals surface area contributed by atoms with Crippen LogP contribution in [0.25, 0.3) is 0 Å². The fraction of sp³-hybridized carbons (Fsp3) is 0.273. The van der Waals surface area contributed by atoms with Gasteiger partial charge in [-0.1, -0.05) is 0 Å². The smallest absolute Gasteiger partial charge is 0.272 e. The van der Waals surface area contributed by atoms with Crippen LogP contribution < -0.4 is 5.01 Å². The molecule has 3 nitrogen and oxygen atoms in total. The van der Waals surface area contributed by atoms with Crippen molar-refractivity contribution < 1.29 is 18.0 Å². The molecule has 0 saturated carbocycles. The lowest BCUT2D eigenvalue weighted by Crippen LogP contribution is -2.20. The lowest BCUT2D eigenvalue weighted by molar-refractivity contribution is -0.117. The number of amides is 1. The molecule has 0 fully saturated rings. The number of carbonyl (C=O) groups excluding carboxylic acids is 1. The van der Waals surface area contributed by atoms with E-state index < -0.39 is 30.3 Å². The van der Waals surface area contributed by atoms with E-state index in [0.29, 0.717) is 11.3 Å². The van der Waals surface area contributed by atoms with Gasteiger partial charge in [-0.05, 0) is 30.7 Å². The van der Waals surface area contributed by atoms with Crippen LogP contribution in [0.3, 0.4) is 0 Å². The van der Waals surface area contributed by atoms with Gasteiger partial charge >= 0.3 is 0 Å². The molecule has 1 aliphatic heterocycles. The minimum atomic E-state index is -2.75. The van der Waals surface area contributed by atoms with Gasteiger partial charge in [-0.15, -0.1) is 0 Å². The van der Waals surface area contributed by atoms with Crippen molar-refractivity contribution in [1.29, 1.82) is 0 Å². The van der Waals surface area contributed by atoms with E-state index in [1.165, 1.54) is 12.1 Å². The zero-order chi connectivity index (χ0) is 12.6. The van der Waals surface area contributed by atoms with Crippen molar-refractivity contribution in [1.82, 2.24) is 0 Å². The van der Waals surface area contributed by atoms with Crippen molar-refractivity contribution in [2.75, 3.05) is 5.01 Å². The van der Waals surface area contributed by atoms with Crippen LogP contribution >= 0.6 is 0 Å². The average Bonchev–Trinajstić information content (AvgIpc) is 2.61. The second-order valence-electron chi connectivity index (χ2n) is 3.71. The zero-order valence-electron chi connectivity index (χ0n) is 8.95. The number of alkyl halides is 2. The van der Waals surface area contributed by atoms with Gasteiger partial charge in [0.1, 0.15) is 11.5 Å². The van der Waals surface area contributed by atoms with Crippen molar-refractivity contribution in [3.8, 4) is 0 Å². The van der Waals surface area contributed by atoms with Gasteiger partial charge in [0.05, 0.1) is 12.1 Å². The maximum atomic E-state index is 12.9. The molecule has 1 aliphatic rings. The summed E-state index contributed by atoms with van der Waals surface area (Å²) in [5.41, 5.74) is 0.336. The summed E-state index contributed by atoms with van der Waals surface area (Å²) in [5, 5.41) is 4.46. The molecule has 0 aromatic heterocycles. The molecule has 0 atom stereocenters. The van der Waals surface area contributed by atoms with Crippen LogP contribution in [0.15, 0.2) is 23.3 Å². The Kier molecular flexibility index (Phi) is 2.87. The molecule has 1 heterocycles. The maximum absolute atomic E-state index is 12.9. The van der Waals surface area contributed by atoms with Gasteiger partial charge in [0, 0.05) is 0 Å². The molecule has 0 radical (unpaired) electrons. The summed E-state index contributed by atoms with van der Waals surface area (Å²) >= 11 is 0. The van der Waals surface area contributed by atoms with Crippen LogP contribution in [0.2, 0.25) is 0 Å². The zero-order valence-corrected chi connectivity index (χ0v) is 8.95. The number of rotatable bonds is 2. The van der Waals surface area contributed by atoms with E-state index in [1.54, 1.807) is 6.92 Å². The largest absolute Gasteiger partial charge is 0.278 e. The van der Waals surface area contributed by atoms with Crippen molar-refractivity contribution in [2.24, 2.45) is 5.10 Å². The maximum Gasteiger partial charge on any atom is 0.278 e. The second-order valence-corrected chi connectivity index (χ2v) is 3.71. The molecule has 17 heavy (non-hydrogen) atoms. The third-order valence-electron chi connectivity index (χ3n) is 2.44. The first-order chi connectivity index (χ1) is 7.99. The number of hydrazone groups is 1. The Labute approximate surface area is 95.5 Å². The number of anilines is 1. The van der Waals surface area contributed by atoms with Gasteiger partial charge in [-0.2, -0.15) is 5.10 Å². The molecule has 0 spiro atoms. The molecule has 1 amide bonds. The molecule has 0 unspecified atom stereocenters. The first-order valence-electron chi connectivity index (χ1n) is 4.93. The second kappa shape index (κ2) is 4.20. The van der Waals surface area contributed by atoms with Gasteiger partial charge in [0.25, 0.3) is 12.3 Å². The monoisotopic (exact) mass is 242 g/mol. The minimum Gasteiger partial charge on any atom is -0.272 e. The van der Waals surface area contributed by atoms with Crippen molar-refractivity contribution in [2.45, 2.75) is 19.8 Å². The van der Waals surface area contributed by atoms with Gasteiger partial charge in [-0.25, -0.2) is 18.2 Å². The van der Waals surface area contributed by atoms with E-state index in [2.05, 4.69) is 5.10 Å². The first-order valence-corrected chi connectivity index (χ1v) is 4.93. The number of benzene rings is 1. The highest BCUT2D eigenvalue weighted by atomic mass is 19.3. The molecule has 0 N–H and O–H groups in total. The molecule has 1 aromatic rings. The highest BCUT2D eigenvalue weighted by Gasteiger charge is 2.30. The number of carbonyl (C=O) groups is 1. The molecule has 6 heteroatoms. The van der Waals surface area contributed by atoms with Crippen molar-refractivity contribution in [3.63, 3.8) is 0 Å². The highest BCUT2D eigenvalue weighted by molar-refractivity contribution is 6.14. The van der Waals surface area contributed by atoms with Crippen LogP contribution in [-0.2, 0) is 4.79 Å². The number of hydrogen-bond donors (Lipinski definition) is 0. The lowest BCUT2D eigenvalue weighted by atomic mass is 10.2. The molecule has 1 aromatic carbocycles. The van der Waals surface area contributed by atoms with E-state index in [4.69, 9.17) is 0 Å². The Bertz CT molecular complexity index is 499. The lowest BCUT2D eigenvalue weighted by Gasteiger charge is -2.14. The molecular formula is C11H9F3N2O. The van der Waals surface area contributed by atoms with Gasteiger partial charge in [0.2, 0.25) is 0 Å². The van der Waals surface area contributed by atoms with Gasteiger partial charge in [0.15, 0.2) is 0 Å². The minimum absolute atomic E-state index is 0.326. The Morgan fingerprint density at radius 2 is 2.12 bits per heavy atom. The molecule has 0 bridgehead atoms. The Morgan fingerprint density at radius 1 is 1.41 bits per heavy atom. The third kappa shape index (κ3) is 2.15. The highest BCUT2D eigenvalue weighted by Crippen LogP contribution is 2.26. The van der Waals surface area contributed by atoms with E-state index >= 15 is 0 Å². The molecule has 0 aliphatic carbocycles. The normalized spacial score (nSPS) is 15.7. The fourth-order valence-electron chi connectivity index (χ4n) is 1.61. The summed E-state index contributed by atoms with van der Waals surface area (Å²) < 4.78 is 37.7. The van der Waals surface area contributed by atoms with Crippen LogP contribution in [0, 0.1) is 12.7 Å². The number of hydrogen-bond acceptors (Lipinski definition) is 2. The quantitative estimate of drug-likeness (QED) is 0.784. The van der Waals surface area contributed by atoms with Crippen LogP contribution in [-0.4, -0.2) is 18.0 Å². The Morgan fingerprint density at radius 3 is 2.65 bits per heavy atom. The van der Waals surface area contributed by atoms with Gasteiger partial charge in [-0.3, -0.25) is 4.79 Å². The summed E-state index contributed by atoms with van der Waals surface area (Å²) in [6.45, 7) is 1.58. The Hall–Kier alpha value is -1.85. The number of halogens is 3. The molecule has 2 rings (SSSR count). The first kappa shape index (κ1) is 11.6. The number of nitrogens with zero attached hydrogens (tertiary/aromatic N) is 2. The van der Waals surface area contributed by atoms with E-state index in [1.807, 2.05) is 0 Å². The van der Waals surface area contributed by atoms with E-state index in [9.17, 15) is 18.0 Å². The predicted molar refractivity (Wildman–Crippen MR) is 56.7 cm³/mol.